The van der Waals surface area contributed by atoms with Gasteiger partial charge in [-0.25, -0.2) is 14.4 Å². The standard InChI is InChI=1S/C20H15FN4O2S2/c1-27-13-8-6-12(7-9-13)17-18-19(29-25-17)20(23-11-22-18)28-10-16(26)24-15-5-3-2-4-14(15)21/h2-9,11H,10H2,1H3,(H,24,26). The maximum absolute atomic E-state index is 13.7. The summed E-state index contributed by atoms with van der Waals surface area (Å²) in [5, 5.41) is 3.23. The lowest BCUT2D eigenvalue weighted by Crippen LogP contribution is -2.15. The fourth-order valence-corrected chi connectivity index (χ4v) is 4.39. The molecule has 0 spiro atoms. The molecule has 0 radical (unpaired) electrons. The second kappa shape index (κ2) is 8.54. The molecule has 0 atom stereocenters. The third-order valence-electron chi connectivity index (χ3n) is 4.08. The van der Waals surface area contributed by atoms with Gasteiger partial charge in [-0.1, -0.05) is 23.9 Å². The first-order valence-corrected chi connectivity index (χ1v) is 10.3. The van der Waals surface area contributed by atoms with E-state index < -0.39 is 5.82 Å². The third-order valence-corrected chi connectivity index (χ3v) is 6.04. The predicted molar refractivity (Wildman–Crippen MR) is 113 cm³/mol. The third kappa shape index (κ3) is 4.20. The van der Waals surface area contributed by atoms with Crippen LogP contribution in [0.1, 0.15) is 0 Å². The van der Waals surface area contributed by atoms with Gasteiger partial charge in [0.2, 0.25) is 5.91 Å². The number of aromatic nitrogens is 3. The largest absolute Gasteiger partial charge is 0.497 e. The van der Waals surface area contributed by atoms with Crippen molar-refractivity contribution in [2.75, 3.05) is 18.2 Å². The van der Waals surface area contributed by atoms with Crippen molar-refractivity contribution >= 4 is 45.1 Å². The van der Waals surface area contributed by atoms with Gasteiger partial charge >= 0.3 is 0 Å². The molecule has 2 aromatic heterocycles. The van der Waals surface area contributed by atoms with Gasteiger partial charge in [0.05, 0.1) is 18.6 Å². The van der Waals surface area contributed by atoms with Gasteiger partial charge in [-0.2, -0.15) is 4.37 Å². The minimum absolute atomic E-state index is 0.0935. The minimum atomic E-state index is -0.470. The number of methoxy groups -OCH3 is 1. The summed E-state index contributed by atoms with van der Waals surface area (Å²) in [6, 6.07) is 13.6. The number of hydrogen-bond acceptors (Lipinski definition) is 7. The van der Waals surface area contributed by atoms with E-state index in [2.05, 4.69) is 19.7 Å². The SMILES string of the molecule is COc1ccc(-c2nsc3c(SCC(=O)Nc4ccccc4F)ncnc23)cc1. The van der Waals surface area contributed by atoms with Crippen LogP contribution < -0.4 is 10.1 Å². The van der Waals surface area contributed by atoms with Gasteiger partial charge in [-0.05, 0) is 47.9 Å². The summed E-state index contributed by atoms with van der Waals surface area (Å²) >= 11 is 2.55. The number of rotatable bonds is 6. The summed E-state index contributed by atoms with van der Waals surface area (Å²) < 4.78 is 24.2. The van der Waals surface area contributed by atoms with E-state index in [4.69, 9.17) is 4.74 Å². The smallest absolute Gasteiger partial charge is 0.234 e. The molecule has 0 unspecified atom stereocenters. The van der Waals surface area contributed by atoms with Gasteiger partial charge in [0, 0.05) is 5.56 Å². The Kier molecular flexibility index (Phi) is 5.68. The van der Waals surface area contributed by atoms with Gasteiger partial charge < -0.3 is 10.1 Å². The second-order valence-electron chi connectivity index (χ2n) is 5.93. The zero-order valence-electron chi connectivity index (χ0n) is 15.3. The van der Waals surface area contributed by atoms with Crippen LogP contribution in [0, 0.1) is 5.82 Å². The highest BCUT2D eigenvalue weighted by Crippen LogP contribution is 2.34. The van der Waals surface area contributed by atoms with E-state index in [0.717, 1.165) is 27.2 Å². The number of thioether (sulfide) groups is 1. The monoisotopic (exact) mass is 426 g/mol. The first-order chi connectivity index (χ1) is 14.2. The molecular formula is C20H15FN4O2S2. The molecule has 0 aliphatic carbocycles. The number of ether oxygens (including phenoxy) is 1. The Labute approximate surface area is 174 Å². The Morgan fingerprint density at radius 1 is 1.17 bits per heavy atom. The molecule has 0 fully saturated rings. The van der Waals surface area contributed by atoms with E-state index in [-0.39, 0.29) is 17.3 Å². The highest BCUT2D eigenvalue weighted by atomic mass is 32.2. The number of carbonyl (C=O) groups is 1. The molecule has 6 nitrogen and oxygen atoms in total. The quantitative estimate of drug-likeness (QED) is 0.358. The molecule has 4 aromatic rings. The number of carbonyl (C=O) groups excluding carboxylic acids is 1. The normalized spacial score (nSPS) is 10.8. The van der Waals surface area contributed by atoms with Crippen molar-refractivity contribution in [2.24, 2.45) is 0 Å². The lowest BCUT2D eigenvalue weighted by atomic mass is 10.1. The van der Waals surface area contributed by atoms with Gasteiger partial charge in [0.25, 0.3) is 0 Å². The number of halogens is 1. The van der Waals surface area contributed by atoms with Crippen molar-refractivity contribution in [3.05, 3.63) is 60.7 Å². The van der Waals surface area contributed by atoms with Crippen LogP contribution in [0.5, 0.6) is 5.75 Å². The molecule has 0 aliphatic rings. The minimum Gasteiger partial charge on any atom is -0.497 e. The summed E-state index contributed by atoms with van der Waals surface area (Å²) in [5.74, 6) is 0.0737. The molecule has 1 amide bonds. The number of anilines is 1. The van der Waals surface area contributed by atoms with Crippen LogP contribution >= 0.6 is 23.3 Å². The molecule has 0 aliphatic heterocycles. The molecule has 4 rings (SSSR count). The first kappa shape index (κ1) is 19.3. The van der Waals surface area contributed by atoms with E-state index in [0.29, 0.717) is 5.03 Å². The van der Waals surface area contributed by atoms with E-state index >= 15 is 0 Å². The molecular weight excluding hydrogens is 411 g/mol. The van der Waals surface area contributed by atoms with Crippen LogP contribution in [0.25, 0.3) is 21.5 Å². The van der Waals surface area contributed by atoms with Crippen LogP contribution in [-0.2, 0) is 4.79 Å². The number of hydrogen-bond donors (Lipinski definition) is 1. The molecule has 2 aromatic carbocycles. The topological polar surface area (TPSA) is 77.0 Å². The molecule has 29 heavy (non-hydrogen) atoms. The Morgan fingerprint density at radius 2 is 1.97 bits per heavy atom. The molecule has 1 N–H and O–H groups in total. The Hall–Kier alpha value is -3.04. The number of nitrogens with one attached hydrogen (secondary N) is 1. The lowest BCUT2D eigenvalue weighted by molar-refractivity contribution is -0.113. The summed E-state index contributed by atoms with van der Waals surface area (Å²) in [5.41, 5.74) is 2.56. The highest BCUT2D eigenvalue weighted by molar-refractivity contribution is 8.00. The van der Waals surface area contributed by atoms with Crippen molar-refractivity contribution < 1.29 is 13.9 Å². The number of nitrogens with zero attached hydrogens (tertiary/aromatic N) is 3. The molecule has 0 saturated heterocycles. The predicted octanol–water partition coefficient (Wildman–Crippen LogP) is 4.63. The summed E-state index contributed by atoms with van der Waals surface area (Å²) in [6.45, 7) is 0. The lowest BCUT2D eigenvalue weighted by Gasteiger charge is -2.06. The van der Waals surface area contributed by atoms with Gasteiger partial charge in [0.15, 0.2) is 0 Å². The maximum Gasteiger partial charge on any atom is 0.234 e. The Bertz CT molecular complexity index is 1160. The van der Waals surface area contributed by atoms with E-state index in [1.165, 1.54) is 41.8 Å². The fraction of sp³-hybridized carbons (Fsp3) is 0.100. The van der Waals surface area contributed by atoms with Crippen molar-refractivity contribution in [1.82, 2.24) is 14.3 Å². The fourth-order valence-electron chi connectivity index (χ4n) is 2.67. The Balaban J connectivity index is 1.52. The van der Waals surface area contributed by atoms with E-state index in [1.54, 1.807) is 19.2 Å². The van der Waals surface area contributed by atoms with Gasteiger partial charge in [-0.15, -0.1) is 0 Å². The molecule has 146 valence electrons. The van der Waals surface area contributed by atoms with Crippen LogP contribution in [-0.4, -0.2) is 33.1 Å². The number of amides is 1. The number of para-hydroxylation sites is 1. The number of benzene rings is 2. The van der Waals surface area contributed by atoms with Crippen LogP contribution in [0.3, 0.4) is 0 Å². The summed E-state index contributed by atoms with van der Waals surface area (Å²) in [6.07, 6.45) is 1.46. The van der Waals surface area contributed by atoms with E-state index in [9.17, 15) is 9.18 Å². The number of fused-ring (bicyclic) bond motifs is 1. The zero-order chi connectivity index (χ0) is 20.2. The first-order valence-electron chi connectivity index (χ1n) is 8.57. The van der Waals surface area contributed by atoms with Gasteiger partial charge in [-0.3, -0.25) is 4.79 Å². The van der Waals surface area contributed by atoms with Crippen molar-refractivity contribution in [3.8, 4) is 17.0 Å². The van der Waals surface area contributed by atoms with E-state index in [1.807, 2.05) is 24.3 Å². The Morgan fingerprint density at radius 3 is 2.72 bits per heavy atom. The van der Waals surface area contributed by atoms with Crippen molar-refractivity contribution in [2.45, 2.75) is 5.03 Å². The van der Waals surface area contributed by atoms with Crippen LogP contribution in [0.4, 0.5) is 10.1 Å². The maximum atomic E-state index is 13.7. The average molecular weight is 426 g/mol. The summed E-state index contributed by atoms with van der Waals surface area (Å²) in [7, 11) is 1.62. The summed E-state index contributed by atoms with van der Waals surface area (Å²) in [4.78, 5) is 20.9. The second-order valence-corrected chi connectivity index (χ2v) is 7.67. The highest BCUT2D eigenvalue weighted by Gasteiger charge is 2.16. The van der Waals surface area contributed by atoms with Crippen LogP contribution in [0.2, 0.25) is 0 Å². The van der Waals surface area contributed by atoms with Crippen molar-refractivity contribution in [1.29, 1.82) is 0 Å². The molecule has 2 heterocycles. The molecule has 9 heteroatoms. The molecule has 0 bridgehead atoms. The molecule has 0 saturated carbocycles. The van der Waals surface area contributed by atoms with Gasteiger partial charge in [0.1, 0.15) is 38.8 Å². The average Bonchev–Trinajstić information content (AvgIpc) is 3.19. The van der Waals surface area contributed by atoms with Crippen molar-refractivity contribution in [3.63, 3.8) is 0 Å². The van der Waals surface area contributed by atoms with Crippen LogP contribution in [0.15, 0.2) is 59.9 Å². The zero-order valence-corrected chi connectivity index (χ0v) is 16.9.